The highest BCUT2D eigenvalue weighted by Crippen LogP contribution is 2.25. The van der Waals surface area contributed by atoms with Crippen LogP contribution in [0.15, 0.2) is 42.5 Å². The van der Waals surface area contributed by atoms with Gasteiger partial charge in [-0.1, -0.05) is 63.1 Å². The number of aliphatic hydroxyl groups is 1. The second-order valence-electron chi connectivity index (χ2n) is 8.74. The van der Waals surface area contributed by atoms with E-state index in [9.17, 15) is 5.11 Å². The van der Waals surface area contributed by atoms with E-state index in [1.165, 1.54) is 5.56 Å². The summed E-state index contributed by atoms with van der Waals surface area (Å²) in [5, 5.41) is 9.94. The summed E-state index contributed by atoms with van der Waals surface area (Å²) >= 11 is 0. The lowest BCUT2D eigenvalue weighted by atomic mass is 9.99. The first-order valence-corrected chi connectivity index (χ1v) is 12.5. The number of ether oxygens (including phenoxy) is 4. The molecule has 0 radical (unpaired) electrons. The van der Waals surface area contributed by atoms with Crippen LogP contribution in [0.4, 0.5) is 0 Å². The Labute approximate surface area is 205 Å². The van der Waals surface area contributed by atoms with Crippen molar-refractivity contribution in [1.29, 1.82) is 0 Å². The van der Waals surface area contributed by atoms with Gasteiger partial charge in [-0.2, -0.15) is 0 Å². The Kier molecular flexibility index (Phi) is 13.4. The molecule has 0 fully saturated rings. The summed E-state index contributed by atoms with van der Waals surface area (Å²) in [5.74, 6) is 1.73. The molecule has 188 valence electrons. The van der Waals surface area contributed by atoms with Gasteiger partial charge in [0.15, 0.2) is 13.6 Å². The van der Waals surface area contributed by atoms with Crippen molar-refractivity contribution < 1.29 is 24.1 Å². The monoisotopic (exact) mass is 470 g/mol. The molecule has 0 saturated heterocycles. The molecule has 5 nitrogen and oxygen atoms in total. The zero-order chi connectivity index (χ0) is 24.6. The second kappa shape index (κ2) is 16.3. The zero-order valence-electron chi connectivity index (χ0n) is 21.3. The molecule has 5 heteroatoms. The maximum atomic E-state index is 9.94. The molecule has 34 heavy (non-hydrogen) atoms. The van der Waals surface area contributed by atoms with Crippen LogP contribution >= 0.6 is 0 Å². The Morgan fingerprint density at radius 3 is 2.06 bits per heavy atom. The van der Waals surface area contributed by atoms with Crippen molar-refractivity contribution in [2.45, 2.75) is 65.9 Å². The summed E-state index contributed by atoms with van der Waals surface area (Å²) in [6.45, 7) is 9.62. The predicted octanol–water partition coefficient (Wildman–Crippen LogP) is 6.72. The number of hydrogen-bond donors (Lipinski definition) is 1. The molecule has 0 spiro atoms. The van der Waals surface area contributed by atoms with Gasteiger partial charge in [-0.05, 0) is 67.9 Å². The molecule has 0 aliphatic heterocycles. The number of hydrogen-bond acceptors (Lipinski definition) is 5. The van der Waals surface area contributed by atoms with Crippen LogP contribution in [0.2, 0.25) is 0 Å². The maximum absolute atomic E-state index is 9.94. The smallest absolute Gasteiger partial charge is 0.189 e. The molecule has 0 heterocycles. The van der Waals surface area contributed by atoms with Crippen LogP contribution < -0.4 is 9.47 Å². The van der Waals surface area contributed by atoms with E-state index in [1.807, 2.05) is 32.0 Å². The molecule has 2 aromatic rings. The molecular weight excluding hydrogens is 428 g/mol. The van der Waals surface area contributed by atoms with E-state index in [0.717, 1.165) is 43.2 Å². The van der Waals surface area contributed by atoms with Crippen LogP contribution in [0.1, 0.15) is 70.1 Å². The van der Waals surface area contributed by atoms with E-state index in [2.05, 4.69) is 50.3 Å². The van der Waals surface area contributed by atoms with Gasteiger partial charge in [0, 0.05) is 19.3 Å². The molecular formula is C29H42O5. The molecule has 2 aromatic carbocycles. The minimum Gasteiger partial charge on any atom is -0.467 e. The number of rotatable bonds is 17. The lowest BCUT2D eigenvalue weighted by molar-refractivity contribution is 0.0182. The normalized spacial score (nSPS) is 12.4. The highest BCUT2D eigenvalue weighted by molar-refractivity contribution is 5.71. The fourth-order valence-corrected chi connectivity index (χ4v) is 3.48. The van der Waals surface area contributed by atoms with E-state index in [0.29, 0.717) is 30.6 Å². The SMILES string of the molecule is CCOCOc1cc(C=Cc2cccc(CCCCCC(O)C(C)C)c2)cc(OCOCC)c1. The Hall–Kier alpha value is -2.34. The van der Waals surface area contributed by atoms with E-state index >= 15 is 0 Å². The Bertz CT molecular complexity index is 818. The van der Waals surface area contributed by atoms with E-state index in [-0.39, 0.29) is 19.7 Å². The predicted molar refractivity (Wildman–Crippen MR) is 139 cm³/mol. The third-order valence-corrected chi connectivity index (χ3v) is 5.58. The van der Waals surface area contributed by atoms with E-state index in [4.69, 9.17) is 18.9 Å². The molecule has 0 aliphatic carbocycles. The van der Waals surface area contributed by atoms with Crippen molar-refractivity contribution in [2.24, 2.45) is 5.92 Å². The Morgan fingerprint density at radius 2 is 1.44 bits per heavy atom. The molecule has 0 aromatic heterocycles. The summed E-state index contributed by atoms with van der Waals surface area (Å²) in [4.78, 5) is 0. The van der Waals surface area contributed by atoms with Gasteiger partial charge in [0.1, 0.15) is 11.5 Å². The quantitative estimate of drug-likeness (QED) is 0.158. The third kappa shape index (κ3) is 11.2. The van der Waals surface area contributed by atoms with Crippen LogP contribution in [0.5, 0.6) is 11.5 Å². The number of aryl methyl sites for hydroxylation is 1. The molecule has 1 N–H and O–H groups in total. The van der Waals surface area contributed by atoms with E-state index in [1.54, 1.807) is 0 Å². The minimum absolute atomic E-state index is 0.179. The van der Waals surface area contributed by atoms with Crippen LogP contribution in [-0.2, 0) is 15.9 Å². The maximum Gasteiger partial charge on any atom is 0.189 e. The number of unbranched alkanes of at least 4 members (excludes halogenated alkanes) is 2. The molecule has 0 bridgehead atoms. The van der Waals surface area contributed by atoms with E-state index < -0.39 is 0 Å². The molecule has 1 unspecified atom stereocenters. The van der Waals surface area contributed by atoms with Crippen molar-refractivity contribution in [3.05, 3.63) is 59.2 Å². The first kappa shape index (κ1) is 27.9. The van der Waals surface area contributed by atoms with Crippen molar-refractivity contribution in [3.63, 3.8) is 0 Å². The Balaban J connectivity index is 1.97. The average Bonchev–Trinajstić information content (AvgIpc) is 2.83. The number of benzene rings is 2. The van der Waals surface area contributed by atoms with Gasteiger partial charge < -0.3 is 24.1 Å². The Morgan fingerprint density at radius 1 is 0.794 bits per heavy atom. The first-order chi connectivity index (χ1) is 16.5. The van der Waals surface area contributed by atoms with Crippen molar-refractivity contribution in [1.82, 2.24) is 0 Å². The molecule has 0 saturated carbocycles. The van der Waals surface area contributed by atoms with Gasteiger partial charge in [-0.25, -0.2) is 0 Å². The zero-order valence-corrected chi connectivity index (χ0v) is 21.3. The highest BCUT2D eigenvalue weighted by Gasteiger charge is 2.08. The molecule has 2 rings (SSSR count). The fraction of sp³-hybridized carbons (Fsp3) is 0.517. The lowest BCUT2D eigenvalue weighted by Gasteiger charge is -2.13. The second-order valence-corrected chi connectivity index (χ2v) is 8.74. The summed E-state index contributed by atoms with van der Waals surface area (Å²) < 4.78 is 22.0. The van der Waals surface area contributed by atoms with Gasteiger partial charge >= 0.3 is 0 Å². The lowest BCUT2D eigenvalue weighted by Crippen LogP contribution is -2.13. The van der Waals surface area contributed by atoms with Gasteiger partial charge in [-0.15, -0.1) is 0 Å². The standard InChI is InChI=1S/C29H42O5/c1-5-31-21-33-27-18-26(19-28(20-27)34-22-32-6-2)16-15-25-13-10-12-24(17-25)11-8-7-9-14-29(30)23(3)4/h10,12-13,15-20,23,29-30H,5-9,11,14,21-22H2,1-4H3. The largest absolute Gasteiger partial charge is 0.467 e. The molecule has 0 aliphatic rings. The van der Waals surface area contributed by atoms with Gasteiger partial charge in [-0.3, -0.25) is 0 Å². The van der Waals surface area contributed by atoms with Gasteiger partial charge in [0.2, 0.25) is 0 Å². The summed E-state index contributed by atoms with van der Waals surface area (Å²) in [6, 6.07) is 14.4. The third-order valence-electron chi connectivity index (χ3n) is 5.58. The minimum atomic E-state index is -0.179. The van der Waals surface area contributed by atoms with Gasteiger partial charge in [0.25, 0.3) is 0 Å². The van der Waals surface area contributed by atoms with Gasteiger partial charge in [0.05, 0.1) is 6.10 Å². The highest BCUT2D eigenvalue weighted by atomic mass is 16.7. The van der Waals surface area contributed by atoms with Crippen LogP contribution in [0.3, 0.4) is 0 Å². The first-order valence-electron chi connectivity index (χ1n) is 12.5. The van der Waals surface area contributed by atoms with Crippen LogP contribution in [0, 0.1) is 5.92 Å². The van der Waals surface area contributed by atoms with Crippen LogP contribution in [-0.4, -0.2) is 38.0 Å². The summed E-state index contributed by atoms with van der Waals surface area (Å²) in [7, 11) is 0. The topological polar surface area (TPSA) is 57.2 Å². The number of aliphatic hydroxyl groups excluding tert-OH is 1. The molecule has 0 amide bonds. The summed E-state index contributed by atoms with van der Waals surface area (Å²) in [6.07, 6.45) is 9.29. The summed E-state index contributed by atoms with van der Waals surface area (Å²) in [5.41, 5.74) is 3.47. The average molecular weight is 471 g/mol. The fourth-order valence-electron chi connectivity index (χ4n) is 3.48. The van der Waals surface area contributed by atoms with Crippen molar-refractivity contribution in [3.8, 4) is 11.5 Å². The van der Waals surface area contributed by atoms with Crippen LogP contribution in [0.25, 0.3) is 12.2 Å². The van der Waals surface area contributed by atoms with Crippen molar-refractivity contribution >= 4 is 12.2 Å². The van der Waals surface area contributed by atoms with Crippen molar-refractivity contribution in [2.75, 3.05) is 26.8 Å². The molecule has 1 atom stereocenters.